The number of benzene rings is 1. The molecular formula is C16H20N4O5S. The van der Waals surface area contributed by atoms with Crippen LogP contribution < -0.4 is 15.4 Å². The minimum Gasteiger partial charge on any atom is -0.496 e. The summed E-state index contributed by atoms with van der Waals surface area (Å²) >= 11 is 1.18. The van der Waals surface area contributed by atoms with Gasteiger partial charge in [0.05, 0.1) is 23.6 Å². The molecular weight excluding hydrogens is 360 g/mol. The van der Waals surface area contributed by atoms with Crippen molar-refractivity contribution in [3.05, 3.63) is 28.3 Å². The second kappa shape index (κ2) is 7.73. The number of rotatable bonds is 5. The van der Waals surface area contributed by atoms with Crippen LogP contribution in [0.2, 0.25) is 0 Å². The van der Waals surface area contributed by atoms with Crippen molar-refractivity contribution in [2.24, 2.45) is 4.99 Å². The normalized spacial score (nSPS) is 18.5. The molecule has 0 saturated carbocycles. The third-order valence-corrected chi connectivity index (χ3v) is 4.34. The maximum Gasteiger partial charge on any atom is 0.296 e. The topological polar surface area (TPSA) is 123 Å². The van der Waals surface area contributed by atoms with Crippen LogP contribution in [0.25, 0.3) is 0 Å². The number of aliphatic imine (C=N–C) groups is 1. The number of carbonyl (C=O) groups is 2. The Kier molecular flexibility index (Phi) is 5.86. The highest BCUT2D eigenvalue weighted by Gasteiger charge is 2.33. The molecule has 1 aliphatic heterocycles. The summed E-state index contributed by atoms with van der Waals surface area (Å²) in [7, 11) is 1.39. The van der Waals surface area contributed by atoms with E-state index in [1.807, 2.05) is 20.8 Å². The van der Waals surface area contributed by atoms with E-state index in [0.717, 1.165) is 0 Å². The molecule has 1 fully saturated rings. The van der Waals surface area contributed by atoms with E-state index in [0.29, 0.717) is 10.9 Å². The van der Waals surface area contributed by atoms with E-state index in [1.54, 1.807) is 0 Å². The van der Waals surface area contributed by atoms with Crippen molar-refractivity contribution in [2.75, 3.05) is 12.4 Å². The van der Waals surface area contributed by atoms with Crippen molar-refractivity contribution in [1.82, 2.24) is 5.32 Å². The van der Waals surface area contributed by atoms with Gasteiger partial charge in [0, 0.05) is 6.42 Å². The smallest absolute Gasteiger partial charge is 0.296 e. The van der Waals surface area contributed by atoms with Gasteiger partial charge < -0.3 is 15.4 Å². The van der Waals surface area contributed by atoms with Crippen LogP contribution in [0.1, 0.15) is 27.2 Å². The van der Waals surface area contributed by atoms with Crippen LogP contribution in [0, 0.1) is 10.1 Å². The quantitative estimate of drug-likeness (QED) is 0.597. The fourth-order valence-electron chi connectivity index (χ4n) is 2.16. The van der Waals surface area contributed by atoms with Gasteiger partial charge in [0.1, 0.15) is 16.7 Å². The minimum absolute atomic E-state index is 0.0489. The number of hydrogen-bond donors (Lipinski definition) is 2. The van der Waals surface area contributed by atoms with Gasteiger partial charge in [0.25, 0.3) is 5.69 Å². The number of nitro groups is 1. The van der Waals surface area contributed by atoms with E-state index in [2.05, 4.69) is 15.6 Å². The van der Waals surface area contributed by atoms with Gasteiger partial charge in [-0.25, -0.2) is 0 Å². The molecule has 140 valence electrons. The first-order valence-corrected chi connectivity index (χ1v) is 8.66. The Morgan fingerprint density at radius 1 is 1.46 bits per heavy atom. The van der Waals surface area contributed by atoms with Gasteiger partial charge >= 0.3 is 0 Å². The van der Waals surface area contributed by atoms with Gasteiger partial charge in [-0.1, -0.05) is 11.8 Å². The monoisotopic (exact) mass is 380 g/mol. The van der Waals surface area contributed by atoms with Crippen molar-refractivity contribution >= 4 is 40.1 Å². The summed E-state index contributed by atoms with van der Waals surface area (Å²) in [4.78, 5) is 39.2. The lowest BCUT2D eigenvalue weighted by Crippen LogP contribution is -2.29. The Bertz CT molecular complexity index is 772. The number of ether oxygens (including phenoxy) is 1. The highest BCUT2D eigenvalue weighted by atomic mass is 32.2. The summed E-state index contributed by atoms with van der Waals surface area (Å²) in [5, 5.41) is 16.1. The Labute approximate surface area is 154 Å². The Balaban J connectivity index is 2.07. The van der Waals surface area contributed by atoms with Crippen LogP contribution in [0.15, 0.2) is 23.2 Å². The molecule has 9 nitrogen and oxygen atoms in total. The average molecular weight is 380 g/mol. The number of amidine groups is 1. The highest BCUT2D eigenvalue weighted by Crippen LogP contribution is 2.30. The van der Waals surface area contributed by atoms with Crippen LogP contribution in [0.3, 0.4) is 0 Å². The number of hydrogen-bond acceptors (Lipinski definition) is 7. The summed E-state index contributed by atoms with van der Waals surface area (Å²) in [6.07, 6.45) is -0.122. The predicted octanol–water partition coefficient (Wildman–Crippen LogP) is 2.32. The zero-order valence-corrected chi connectivity index (χ0v) is 15.7. The second-order valence-corrected chi connectivity index (χ2v) is 7.77. The van der Waals surface area contributed by atoms with Crippen molar-refractivity contribution in [2.45, 2.75) is 38.0 Å². The van der Waals surface area contributed by atoms with Gasteiger partial charge in [0.2, 0.25) is 11.8 Å². The number of nitrogens with one attached hydrogen (secondary N) is 2. The highest BCUT2D eigenvalue weighted by molar-refractivity contribution is 8.15. The molecule has 2 amide bonds. The van der Waals surface area contributed by atoms with Crippen molar-refractivity contribution in [3.8, 4) is 5.75 Å². The summed E-state index contributed by atoms with van der Waals surface area (Å²) in [5.74, 6) is -0.497. The molecule has 26 heavy (non-hydrogen) atoms. The third kappa shape index (κ3) is 5.19. The summed E-state index contributed by atoms with van der Waals surface area (Å²) in [6, 6.07) is 4.12. The first kappa shape index (κ1) is 19.7. The number of carbonyl (C=O) groups excluding carboxylic acids is 2. The SMILES string of the molecule is COc1ccc(NC(=O)C[C@@H]2SC(=NC(C)(C)C)NC2=O)c([N+](=O)[O-])c1. The molecule has 2 rings (SSSR count). The predicted molar refractivity (Wildman–Crippen MR) is 99.6 cm³/mol. The van der Waals surface area contributed by atoms with E-state index in [4.69, 9.17) is 4.74 Å². The summed E-state index contributed by atoms with van der Waals surface area (Å²) in [6.45, 7) is 5.70. The molecule has 1 aromatic rings. The van der Waals surface area contributed by atoms with E-state index in [-0.39, 0.29) is 29.2 Å². The van der Waals surface area contributed by atoms with Crippen molar-refractivity contribution in [3.63, 3.8) is 0 Å². The lowest BCUT2D eigenvalue weighted by Gasteiger charge is -2.12. The molecule has 1 aliphatic rings. The first-order chi connectivity index (χ1) is 12.1. The lowest BCUT2D eigenvalue weighted by molar-refractivity contribution is -0.384. The molecule has 10 heteroatoms. The van der Waals surface area contributed by atoms with E-state index in [1.165, 1.54) is 37.1 Å². The summed E-state index contributed by atoms with van der Waals surface area (Å²) < 4.78 is 4.95. The number of thioether (sulfide) groups is 1. The zero-order chi connectivity index (χ0) is 19.5. The molecule has 1 atom stereocenters. The molecule has 1 saturated heterocycles. The Hall–Kier alpha value is -2.62. The number of nitro benzene ring substituents is 1. The molecule has 1 aromatic carbocycles. The standard InChI is InChI=1S/C16H20N4O5S/c1-16(2,3)19-15-18-14(22)12(26-15)8-13(21)17-10-6-5-9(25-4)7-11(10)20(23)24/h5-7,12H,8H2,1-4H3,(H,17,21)(H,18,19,22)/t12-/m0/s1. The number of anilines is 1. The molecule has 1 heterocycles. The molecule has 0 spiro atoms. The van der Waals surface area contributed by atoms with Gasteiger partial charge in [-0.3, -0.25) is 24.7 Å². The van der Waals surface area contributed by atoms with Crippen molar-refractivity contribution < 1.29 is 19.2 Å². The van der Waals surface area contributed by atoms with Gasteiger partial charge in [0.15, 0.2) is 5.17 Å². The first-order valence-electron chi connectivity index (χ1n) is 7.78. The van der Waals surface area contributed by atoms with E-state index in [9.17, 15) is 19.7 Å². The second-order valence-electron chi connectivity index (χ2n) is 6.58. The van der Waals surface area contributed by atoms with E-state index >= 15 is 0 Å². The number of nitrogens with zero attached hydrogens (tertiary/aromatic N) is 2. The molecule has 0 aliphatic carbocycles. The van der Waals surface area contributed by atoms with Gasteiger partial charge in [-0.2, -0.15) is 0 Å². The van der Waals surface area contributed by atoms with Crippen LogP contribution in [-0.4, -0.2) is 39.8 Å². The number of methoxy groups -OCH3 is 1. The molecule has 0 bridgehead atoms. The van der Waals surface area contributed by atoms with Crippen LogP contribution >= 0.6 is 11.8 Å². The van der Waals surface area contributed by atoms with E-state index < -0.39 is 16.1 Å². The zero-order valence-electron chi connectivity index (χ0n) is 14.9. The maximum absolute atomic E-state index is 12.2. The molecule has 0 unspecified atom stereocenters. The largest absolute Gasteiger partial charge is 0.496 e. The molecule has 2 N–H and O–H groups in total. The van der Waals surface area contributed by atoms with Crippen LogP contribution in [0.4, 0.5) is 11.4 Å². The van der Waals surface area contributed by atoms with Gasteiger partial charge in [-0.05, 0) is 32.9 Å². The van der Waals surface area contributed by atoms with Crippen LogP contribution in [-0.2, 0) is 9.59 Å². The molecule has 0 radical (unpaired) electrons. The fraction of sp³-hybridized carbons (Fsp3) is 0.438. The fourth-order valence-corrected chi connectivity index (χ4v) is 3.32. The molecule has 0 aromatic heterocycles. The lowest BCUT2D eigenvalue weighted by atomic mass is 10.1. The van der Waals surface area contributed by atoms with Crippen molar-refractivity contribution in [1.29, 1.82) is 0 Å². The third-order valence-electron chi connectivity index (χ3n) is 3.26. The summed E-state index contributed by atoms with van der Waals surface area (Å²) in [5.41, 5.74) is -0.583. The Morgan fingerprint density at radius 3 is 2.73 bits per heavy atom. The Morgan fingerprint density at radius 2 is 2.15 bits per heavy atom. The van der Waals surface area contributed by atoms with Gasteiger partial charge in [-0.15, -0.1) is 0 Å². The number of amides is 2. The van der Waals surface area contributed by atoms with Crippen LogP contribution in [0.5, 0.6) is 5.75 Å². The average Bonchev–Trinajstić information content (AvgIpc) is 2.84. The minimum atomic E-state index is -0.631. The maximum atomic E-state index is 12.2.